The first-order chi connectivity index (χ1) is 11.8. The molecule has 25 heavy (non-hydrogen) atoms. The summed E-state index contributed by atoms with van der Waals surface area (Å²) in [7, 11) is 0. The molecule has 0 saturated carbocycles. The van der Waals surface area contributed by atoms with E-state index < -0.39 is 11.7 Å². The van der Waals surface area contributed by atoms with Gasteiger partial charge in [0.15, 0.2) is 0 Å². The van der Waals surface area contributed by atoms with E-state index in [1.165, 1.54) is 22.9 Å². The molecule has 0 bridgehead atoms. The molecule has 0 radical (unpaired) electrons. The molecule has 0 aliphatic carbocycles. The van der Waals surface area contributed by atoms with Crippen LogP contribution in [0.25, 0.3) is 5.95 Å². The van der Waals surface area contributed by atoms with E-state index >= 15 is 0 Å². The number of hydrogen-bond acceptors (Lipinski definition) is 4. The molecule has 2 aromatic heterocycles. The number of amides is 1. The lowest BCUT2D eigenvalue weighted by Gasteiger charge is -2.09. The van der Waals surface area contributed by atoms with Crippen LogP contribution in [0.4, 0.5) is 10.2 Å². The highest BCUT2D eigenvalue weighted by Gasteiger charge is 2.15. The van der Waals surface area contributed by atoms with Crippen LogP contribution in [-0.4, -0.2) is 25.7 Å². The molecule has 1 amide bonds. The number of nitrogens with one attached hydrogen (secondary N) is 2. The first-order valence-electron chi connectivity index (χ1n) is 7.56. The second-order valence-electron chi connectivity index (χ2n) is 5.65. The van der Waals surface area contributed by atoms with Crippen LogP contribution in [-0.2, 0) is 0 Å². The van der Waals surface area contributed by atoms with Crippen molar-refractivity contribution in [1.82, 2.24) is 19.7 Å². The number of aryl methyl sites for hydroxylation is 2. The Labute approximate surface area is 142 Å². The number of benzene rings is 1. The SMILES string of the molecule is Cc1cc(NC(=O)c2cccc(F)c2)n(-c2nc(C)c(C)c(=O)[nH]2)n1. The van der Waals surface area contributed by atoms with Crippen LogP contribution >= 0.6 is 0 Å². The van der Waals surface area contributed by atoms with Gasteiger partial charge in [0.05, 0.1) is 5.69 Å². The topological polar surface area (TPSA) is 92.7 Å². The maximum absolute atomic E-state index is 13.3. The average Bonchev–Trinajstić information content (AvgIpc) is 2.92. The lowest BCUT2D eigenvalue weighted by molar-refractivity contribution is 0.102. The Kier molecular flexibility index (Phi) is 4.18. The van der Waals surface area contributed by atoms with Gasteiger partial charge in [-0.15, -0.1) is 0 Å². The molecule has 0 aliphatic heterocycles. The molecule has 0 spiro atoms. The van der Waals surface area contributed by atoms with Gasteiger partial charge >= 0.3 is 0 Å². The van der Waals surface area contributed by atoms with E-state index in [9.17, 15) is 14.0 Å². The number of hydrogen-bond donors (Lipinski definition) is 2. The molecule has 2 N–H and O–H groups in total. The second-order valence-corrected chi connectivity index (χ2v) is 5.65. The summed E-state index contributed by atoms with van der Waals surface area (Å²) in [6, 6.07) is 6.98. The predicted molar refractivity (Wildman–Crippen MR) is 90.5 cm³/mol. The summed E-state index contributed by atoms with van der Waals surface area (Å²) in [5, 5.41) is 6.91. The predicted octanol–water partition coefficient (Wildman–Crippen LogP) is 2.27. The molecule has 0 saturated heterocycles. The maximum atomic E-state index is 13.3. The van der Waals surface area contributed by atoms with Crippen molar-refractivity contribution in [3.05, 3.63) is 69.0 Å². The summed E-state index contributed by atoms with van der Waals surface area (Å²) in [5.41, 5.74) is 1.59. The van der Waals surface area contributed by atoms with Gasteiger partial charge in [0.1, 0.15) is 11.6 Å². The number of rotatable bonds is 3. The smallest absolute Gasteiger partial charge is 0.256 e. The van der Waals surface area contributed by atoms with Crippen LogP contribution in [0.2, 0.25) is 0 Å². The zero-order chi connectivity index (χ0) is 18.1. The lowest BCUT2D eigenvalue weighted by Crippen LogP contribution is -2.20. The fourth-order valence-corrected chi connectivity index (χ4v) is 2.30. The van der Waals surface area contributed by atoms with Crippen molar-refractivity contribution < 1.29 is 9.18 Å². The molecule has 128 valence electrons. The first kappa shape index (κ1) is 16.6. The first-order valence-corrected chi connectivity index (χ1v) is 7.56. The second kappa shape index (κ2) is 6.31. The van der Waals surface area contributed by atoms with E-state index in [0.29, 0.717) is 22.8 Å². The van der Waals surface area contributed by atoms with Gasteiger partial charge in [-0.05, 0) is 39.0 Å². The molecule has 1 aromatic carbocycles. The number of carbonyl (C=O) groups is 1. The molecule has 2 heterocycles. The molecular weight excluding hydrogens is 325 g/mol. The van der Waals surface area contributed by atoms with Gasteiger partial charge < -0.3 is 5.32 Å². The van der Waals surface area contributed by atoms with Crippen molar-refractivity contribution in [2.24, 2.45) is 0 Å². The number of aromatic amines is 1. The van der Waals surface area contributed by atoms with Crippen LogP contribution in [0, 0.1) is 26.6 Å². The molecular formula is C17H16FN5O2. The largest absolute Gasteiger partial charge is 0.306 e. The average molecular weight is 341 g/mol. The highest BCUT2D eigenvalue weighted by Crippen LogP contribution is 2.16. The van der Waals surface area contributed by atoms with Gasteiger partial charge in [0.25, 0.3) is 11.5 Å². The summed E-state index contributed by atoms with van der Waals surface area (Å²) in [4.78, 5) is 31.2. The summed E-state index contributed by atoms with van der Waals surface area (Å²) in [6.07, 6.45) is 0. The van der Waals surface area contributed by atoms with Gasteiger partial charge in [-0.2, -0.15) is 9.78 Å². The Morgan fingerprint density at radius 2 is 2.00 bits per heavy atom. The van der Waals surface area contributed by atoms with Gasteiger partial charge in [-0.3, -0.25) is 14.6 Å². The van der Waals surface area contributed by atoms with Crippen LogP contribution < -0.4 is 10.9 Å². The zero-order valence-corrected chi connectivity index (χ0v) is 13.9. The zero-order valence-electron chi connectivity index (χ0n) is 13.9. The molecule has 0 fully saturated rings. The molecule has 8 heteroatoms. The summed E-state index contributed by atoms with van der Waals surface area (Å²) < 4.78 is 14.6. The van der Waals surface area contributed by atoms with E-state index in [0.717, 1.165) is 6.07 Å². The van der Waals surface area contributed by atoms with E-state index in [4.69, 9.17) is 0 Å². The van der Waals surface area contributed by atoms with Crippen LogP contribution in [0.3, 0.4) is 0 Å². The molecule has 0 atom stereocenters. The summed E-state index contributed by atoms with van der Waals surface area (Å²) in [5.74, 6) is -0.488. The van der Waals surface area contributed by atoms with E-state index in [1.807, 2.05) is 0 Å². The van der Waals surface area contributed by atoms with Crippen molar-refractivity contribution in [2.75, 3.05) is 5.32 Å². The molecule has 0 unspecified atom stereocenters. The maximum Gasteiger partial charge on any atom is 0.256 e. The highest BCUT2D eigenvalue weighted by molar-refractivity contribution is 6.03. The van der Waals surface area contributed by atoms with E-state index in [1.54, 1.807) is 26.8 Å². The van der Waals surface area contributed by atoms with Crippen molar-refractivity contribution in [2.45, 2.75) is 20.8 Å². The lowest BCUT2D eigenvalue weighted by atomic mass is 10.2. The van der Waals surface area contributed by atoms with Crippen molar-refractivity contribution in [3.8, 4) is 5.95 Å². The fourth-order valence-electron chi connectivity index (χ4n) is 2.30. The standard InChI is InChI=1S/C17H16FN5O2/c1-9-7-14(20-16(25)12-5-4-6-13(18)8-12)23(22-9)17-19-11(3)10(2)15(24)21-17/h4-8H,1-3H3,(H,20,25)(H,19,21,24). The number of halogens is 1. The Morgan fingerprint density at radius 3 is 2.68 bits per heavy atom. The third-order valence-corrected chi connectivity index (χ3v) is 3.74. The third-order valence-electron chi connectivity index (χ3n) is 3.74. The number of aromatic nitrogens is 4. The molecule has 3 aromatic rings. The van der Waals surface area contributed by atoms with Crippen molar-refractivity contribution in [1.29, 1.82) is 0 Å². The van der Waals surface area contributed by atoms with Gasteiger partial charge in [-0.25, -0.2) is 9.37 Å². The Bertz CT molecular complexity index is 1020. The Balaban J connectivity index is 1.99. The van der Waals surface area contributed by atoms with Crippen molar-refractivity contribution >= 4 is 11.7 Å². The molecule has 0 aliphatic rings. The fraction of sp³-hybridized carbons (Fsp3) is 0.176. The molecule has 7 nitrogen and oxygen atoms in total. The number of carbonyl (C=O) groups excluding carboxylic acids is 1. The van der Waals surface area contributed by atoms with Crippen LogP contribution in [0.5, 0.6) is 0 Å². The van der Waals surface area contributed by atoms with Gasteiger partial charge in [0, 0.05) is 22.9 Å². The number of H-pyrrole nitrogens is 1. The third kappa shape index (κ3) is 3.32. The molecule has 3 rings (SSSR count). The minimum atomic E-state index is -0.502. The van der Waals surface area contributed by atoms with Crippen molar-refractivity contribution in [3.63, 3.8) is 0 Å². The summed E-state index contributed by atoms with van der Waals surface area (Å²) in [6.45, 7) is 5.13. The number of anilines is 1. The monoisotopic (exact) mass is 341 g/mol. The summed E-state index contributed by atoms with van der Waals surface area (Å²) >= 11 is 0. The minimum Gasteiger partial charge on any atom is -0.306 e. The van der Waals surface area contributed by atoms with Gasteiger partial charge in [-0.1, -0.05) is 6.07 Å². The normalized spacial score (nSPS) is 10.7. The number of nitrogens with zero attached hydrogens (tertiary/aromatic N) is 3. The highest BCUT2D eigenvalue weighted by atomic mass is 19.1. The minimum absolute atomic E-state index is 0.173. The Hall–Kier alpha value is -3.29. The Morgan fingerprint density at radius 1 is 1.24 bits per heavy atom. The van der Waals surface area contributed by atoms with Gasteiger partial charge in [0.2, 0.25) is 5.95 Å². The van der Waals surface area contributed by atoms with E-state index in [2.05, 4.69) is 20.4 Å². The quantitative estimate of drug-likeness (QED) is 0.764. The van der Waals surface area contributed by atoms with Crippen LogP contribution in [0.15, 0.2) is 35.1 Å². The van der Waals surface area contributed by atoms with Crippen LogP contribution in [0.1, 0.15) is 27.3 Å². The van der Waals surface area contributed by atoms with E-state index in [-0.39, 0.29) is 17.1 Å².